The van der Waals surface area contributed by atoms with Gasteiger partial charge in [-0.15, -0.1) is 0 Å². The second-order valence-electron chi connectivity index (χ2n) is 7.73. The van der Waals surface area contributed by atoms with Gasteiger partial charge in [0, 0.05) is 16.8 Å². The van der Waals surface area contributed by atoms with Crippen LogP contribution in [0.25, 0.3) is 0 Å². The second kappa shape index (κ2) is 9.07. The molecule has 0 aromatic heterocycles. The number of methoxy groups -OCH3 is 1. The number of amides is 2. The monoisotopic (exact) mass is 412 g/mol. The van der Waals surface area contributed by atoms with Crippen molar-refractivity contribution in [3.8, 4) is 0 Å². The number of esters is 1. The normalized spacial score (nSPS) is 20.8. The van der Waals surface area contributed by atoms with Crippen LogP contribution in [0.15, 0.2) is 48.5 Å². The molecular weight excluding hydrogens is 387 g/mol. The van der Waals surface area contributed by atoms with Gasteiger partial charge in [-0.05, 0) is 62.2 Å². The van der Waals surface area contributed by atoms with Crippen molar-refractivity contribution < 1.29 is 23.5 Å². The van der Waals surface area contributed by atoms with Crippen LogP contribution in [0.1, 0.15) is 53.3 Å². The molecule has 2 atom stereocenters. The van der Waals surface area contributed by atoms with Gasteiger partial charge in [0.15, 0.2) is 0 Å². The second-order valence-corrected chi connectivity index (χ2v) is 7.73. The number of carbonyl (C=O) groups excluding carboxylic acids is 3. The molecule has 6 nitrogen and oxygen atoms in total. The highest BCUT2D eigenvalue weighted by Crippen LogP contribution is 2.34. The molecule has 0 radical (unpaired) electrons. The van der Waals surface area contributed by atoms with Crippen molar-refractivity contribution in [3.05, 3.63) is 65.5 Å². The molecule has 1 aliphatic rings. The summed E-state index contributed by atoms with van der Waals surface area (Å²) in [6, 6.07) is 11.7. The topological polar surface area (TPSA) is 84.5 Å². The molecule has 0 aliphatic heterocycles. The summed E-state index contributed by atoms with van der Waals surface area (Å²) in [5.41, 5.74) is 0.412. The number of halogens is 1. The van der Waals surface area contributed by atoms with Gasteiger partial charge in [-0.3, -0.25) is 14.4 Å². The summed E-state index contributed by atoms with van der Waals surface area (Å²) in [4.78, 5) is 37.4. The van der Waals surface area contributed by atoms with E-state index in [0.29, 0.717) is 29.7 Å². The van der Waals surface area contributed by atoms with E-state index in [1.165, 1.54) is 31.4 Å². The molecule has 7 heteroatoms. The highest BCUT2D eigenvalue weighted by Gasteiger charge is 2.42. The molecule has 1 fully saturated rings. The summed E-state index contributed by atoms with van der Waals surface area (Å²) < 4.78 is 18.0. The Labute approximate surface area is 174 Å². The fourth-order valence-electron chi connectivity index (χ4n) is 3.88. The highest BCUT2D eigenvalue weighted by molar-refractivity contribution is 6.05. The maximum Gasteiger partial charge on any atom is 0.311 e. The predicted molar refractivity (Wildman–Crippen MR) is 111 cm³/mol. The number of benzene rings is 2. The van der Waals surface area contributed by atoms with Crippen LogP contribution < -0.4 is 10.6 Å². The van der Waals surface area contributed by atoms with E-state index in [4.69, 9.17) is 4.74 Å². The summed E-state index contributed by atoms with van der Waals surface area (Å²) >= 11 is 0. The van der Waals surface area contributed by atoms with Crippen molar-refractivity contribution >= 4 is 23.5 Å². The van der Waals surface area contributed by atoms with E-state index < -0.39 is 23.2 Å². The lowest BCUT2D eigenvalue weighted by molar-refractivity contribution is -0.149. The summed E-state index contributed by atoms with van der Waals surface area (Å²) in [5.74, 6) is -1.88. The molecule has 1 saturated carbocycles. The van der Waals surface area contributed by atoms with Gasteiger partial charge in [-0.25, -0.2) is 4.39 Å². The van der Waals surface area contributed by atoms with E-state index in [9.17, 15) is 18.8 Å². The predicted octanol–water partition coefficient (Wildman–Crippen LogP) is 3.93. The number of ether oxygens (including phenoxy) is 1. The third-order valence-electron chi connectivity index (χ3n) is 5.58. The summed E-state index contributed by atoms with van der Waals surface area (Å²) in [7, 11) is 1.35. The van der Waals surface area contributed by atoms with Crippen molar-refractivity contribution in [1.29, 1.82) is 0 Å². The van der Waals surface area contributed by atoms with E-state index >= 15 is 0 Å². The molecule has 2 aromatic carbocycles. The molecule has 0 spiro atoms. The summed E-state index contributed by atoms with van der Waals surface area (Å²) in [6.07, 6.45) is 3.17. The van der Waals surface area contributed by atoms with E-state index in [-0.39, 0.29) is 11.9 Å². The first-order chi connectivity index (χ1) is 14.3. The Hall–Kier alpha value is -3.22. The van der Waals surface area contributed by atoms with Gasteiger partial charge in [-0.1, -0.05) is 18.9 Å². The number of carbonyl (C=O) groups is 3. The number of rotatable bonds is 5. The van der Waals surface area contributed by atoms with E-state index in [0.717, 1.165) is 12.8 Å². The molecule has 0 bridgehead atoms. The average Bonchev–Trinajstić information content (AvgIpc) is 2.74. The zero-order valence-electron chi connectivity index (χ0n) is 17.0. The molecule has 2 amide bonds. The molecule has 0 saturated heterocycles. The minimum atomic E-state index is -0.699. The van der Waals surface area contributed by atoms with E-state index in [1.54, 1.807) is 24.3 Å². The molecular formula is C23H25FN2O4. The Kier molecular flexibility index (Phi) is 6.50. The molecule has 30 heavy (non-hydrogen) atoms. The molecule has 2 aromatic rings. The number of hydrogen-bond acceptors (Lipinski definition) is 4. The van der Waals surface area contributed by atoms with Gasteiger partial charge in [0.1, 0.15) is 5.82 Å². The van der Waals surface area contributed by atoms with Gasteiger partial charge in [0.05, 0.1) is 18.6 Å². The molecule has 1 aliphatic carbocycles. The van der Waals surface area contributed by atoms with Crippen LogP contribution >= 0.6 is 0 Å². The Bertz CT molecular complexity index is 944. The zero-order chi connectivity index (χ0) is 21.7. The Morgan fingerprint density at radius 2 is 1.77 bits per heavy atom. The van der Waals surface area contributed by atoms with Crippen LogP contribution in [0.5, 0.6) is 0 Å². The third kappa shape index (κ3) is 4.84. The number of nitrogens with one attached hydrogen (secondary N) is 2. The third-order valence-corrected chi connectivity index (χ3v) is 5.58. The van der Waals surface area contributed by atoms with Crippen LogP contribution in [0.4, 0.5) is 10.1 Å². The Balaban J connectivity index is 1.73. The fourth-order valence-corrected chi connectivity index (χ4v) is 3.88. The van der Waals surface area contributed by atoms with Crippen molar-refractivity contribution in [3.63, 3.8) is 0 Å². The standard InChI is InChI=1S/C23H25FN2O4/c1-23(13-4-3-8-19(23)22(29)30-2)26-21(28)16-6-5-7-18(14-16)25-20(27)15-9-11-17(24)12-10-15/h5-7,9-12,14,19H,3-4,8,13H2,1-2H3,(H,25,27)(H,26,28)/t19-,23-/m1/s1. The van der Waals surface area contributed by atoms with Crippen molar-refractivity contribution in [1.82, 2.24) is 5.32 Å². The molecule has 0 heterocycles. The first kappa shape index (κ1) is 21.5. The Morgan fingerprint density at radius 3 is 2.47 bits per heavy atom. The number of anilines is 1. The van der Waals surface area contributed by atoms with Crippen molar-refractivity contribution in [2.24, 2.45) is 5.92 Å². The summed E-state index contributed by atoms with van der Waals surface area (Å²) in [5, 5.41) is 5.71. The first-order valence-corrected chi connectivity index (χ1v) is 9.90. The first-order valence-electron chi connectivity index (χ1n) is 9.90. The Morgan fingerprint density at radius 1 is 1.03 bits per heavy atom. The molecule has 0 unspecified atom stereocenters. The SMILES string of the molecule is COC(=O)[C@H]1CCCC[C@@]1(C)NC(=O)c1cccc(NC(=O)c2ccc(F)cc2)c1. The quantitative estimate of drug-likeness (QED) is 0.729. The van der Waals surface area contributed by atoms with Crippen LogP contribution in [0.3, 0.4) is 0 Å². The maximum atomic E-state index is 13.0. The van der Waals surface area contributed by atoms with E-state index in [1.807, 2.05) is 6.92 Å². The average molecular weight is 412 g/mol. The van der Waals surface area contributed by atoms with Gasteiger partial charge >= 0.3 is 5.97 Å². The van der Waals surface area contributed by atoms with Crippen LogP contribution in [0.2, 0.25) is 0 Å². The van der Waals surface area contributed by atoms with E-state index in [2.05, 4.69) is 10.6 Å². The minimum absolute atomic E-state index is 0.307. The summed E-state index contributed by atoms with van der Waals surface area (Å²) in [6.45, 7) is 1.87. The van der Waals surface area contributed by atoms with Gasteiger partial charge in [0.25, 0.3) is 11.8 Å². The lowest BCUT2D eigenvalue weighted by Crippen LogP contribution is -2.55. The highest BCUT2D eigenvalue weighted by atomic mass is 19.1. The molecule has 158 valence electrons. The van der Waals surface area contributed by atoms with Crippen LogP contribution in [0, 0.1) is 11.7 Å². The van der Waals surface area contributed by atoms with Crippen molar-refractivity contribution in [2.45, 2.75) is 38.1 Å². The lowest BCUT2D eigenvalue weighted by Gasteiger charge is -2.40. The smallest absolute Gasteiger partial charge is 0.311 e. The van der Waals surface area contributed by atoms with Crippen LogP contribution in [-0.4, -0.2) is 30.4 Å². The van der Waals surface area contributed by atoms with Gasteiger partial charge in [-0.2, -0.15) is 0 Å². The molecule has 2 N–H and O–H groups in total. The number of hydrogen-bond donors (Lipinski definition) is 2. The fraction of sp³-hybridized carbons (Fsp3) is 0.348. The minimum Gasteiger partial charge on any atom is -0.469 e. The maximum absolute atomic E-state index is 13.0. The van der Waals surface area contributed by atoms with Crippen LogP contribution in [-0.2, 0) is 9.53 Å². The largest absolute Gasteiger partial charge is 0.469 e. The van der Waals surface area contributed by atoms with Gasteiger partial charge in [0.2, 0.25) is 0 Å². The van der Waals surface area contributed by atoms with Crippen molar-refractivity contribution in [2.75, 3.05) is 12.4 Å². The van der Waals surface area contributed by atoms with Gasteiger partial charge < -0.3 is 15.4 Å². The zero-order valence-corrected chi connectivity index (χ0v) is 17.0. The molecule has 3 rings (SSSR count). The lowest BCUT2D eigenvalue weighted by atomic mass is 9.73.